The number of benzene rings is 4. The van der Waals surface area contributed by atoms with Gasteiger partial charge in [0.2, 0.25) is 0 Å². The Morgan fingerprint density at radius 2 is 0.941 bits per heavy atom. The topological polar surface area (TPSA) is 103 Å². The van der Waals surface area contributed by atoms with E-state index < -0.39 is 15.6 Å². The Balaban J connectivity index is 1.99. The quantitative estimate of drug-likeness (QED) is 0.158. The maximum atomic E-state index is 13.8. The molecule has 0 radical (unpaired) electrons. The predicted molar refractivity (Wildman–Crippen MR) is 131 cm³/mol. The van der Waals surface area contributed by atoms with Gasteiger partial charge in [0, 0.05) is 33.3 Å². The van der Waals surface area contributed by atoms with Gasteiger partial charge in [0.1, 0.15) is 0 Å². The van der Waals surface area contributed by atoms with E-state index in [1.165, 1.54) is 36.4 Å². The smallest absolute Gasteiger partial charge is 0.277 e. The lowest BCUT2D eigenvalue weighted by molar-refractivity contribution is -0.384. The van der Waals surface area contributed by atoms with Crippen molar-refractivity contribution in [1.82, 2.24) is 0 Å². The number of carbonyl (C=O) groups excluding carboxylic acids is 1. The number of rotatable bonds is 6. The van der Waals surface area contributed by atoms with Gasteiger partial charge in [0.05, 0.1) is 21.0 Å². The fourth-order valence-electron chi connectivity index (χ4n) is 3.75. The number of hydrogen-bond acceptors (Lipinski definition) is 5. The minimum absolute atomic E-state index is 0.0345. The number of nitro groups is 2. The summed E-state index contributed by atoms with van der Waals surface area (Å²) in [6.07, 6.45) is 0. The van der Waals surface area contributed by atoms with E-state index in [1.807, 2.05) is 0 Å². The third-order valence-corrected chi connectivity index (χ3v) is 5.74. The second kappa shape index (κ2) is 9.43. The van der Waals surface area contributed by atoms with Crippen LogP contribution in [0.3, 0.4) is 0 Å². The standard InChI is InChI=1S/C25H14Cl2N2O5/c26-17-11-7-15(8-12-17)23-19(3-1-5-21(23)28(31)32)25(30)20-4-2-6-22(29(33)34)24(20)16-9-13-18(27)14-10-16/h1-14H. The first kappa shape index (κ1) is 23.1. The zero-order chi connectivity index (χ0) is 24.4. The maximum absolute atomic E-state index is 13.8. The summed E-state index contributed by atoms with van der Waals surface area (Å²) in [6.45, 7) is 0. The number of hydrogen-bond donors (Lipinski definition) is 0. The van der Waals surface area contributed by atoms with Crippen molar-refractivity contribution in [3.63, 3.8) is 0 Å². The van der Waals surface area contributed by atoms with Crippen molar-refractivity contribution in [1.29, 1.82) is 0 Å². The van der Waals surface area contributed by atoms with Crippen LogP contribution in [0.15, 0.2) is 84.9 Å². The fraction of sp³-hybridized carbons (Fsp3) is 0. The molecule has 0 saturated heterocycles. The molecule has 4 aromatic carbocycles. The van der Waals surface area contributed by atoms with Crippen LogP contribution in [0, 0.1) is 20.2 Å². The highest BCUT2D eigenvalue weighted by atomic mass is 35.5. The van der Waals surface area contributed by atoms with Gasteiger partial charge in [0.25, 0.3) is 11.4 Å². The molecular weight excluding hydrogens is 479 g/mol. The molecule has 0 aliphatic heterocycles. The molecule has 0 atom stereocenters. The minimum Gasteiger partial charge on any atom is -0.289 e. The Labute approximate surface area is 203 Å². The lowest BCUT2D eigenvalue weighted by Gasteiger charge is -2.13. The molecule has 0 aliphatic carbocycles. The van der Waals surface area contributed by atoms with E-state index in [0.29, 0.717) is 21.2 Å². The van der Waals surface area contributed by atoms with Crippen LogP contribution in [0.25, 0.3) is 22.3 Å². The highest BCUT2D eigenvalue weighted by Crippen LogP contribution is 2.39. The van der Waals surface area contributed by atoms with Crippen LogP contribution in [0.4, 0.5) is 11.4 Å². The third-order valence-electron chi connectivity index (χ3n) is 5.23. The first-order chi connectivity index (χ1) is 16.3. The average Bonchev–Trinajstić information content (AvgIpc) is 2.83. The summed E-state index contributed by atoms with van der Waals surface area (Å²) in [5.41, 5.74) is 0.556. The zero-order valence-corrected chi connectivity index (χ0v) is 18.8. The lowest BCUT2D eigenvalue weighted by atomic mass is 9.88. The largest absolute Gasteiger partial charge is 0.289 e. The van der Waals surface area contributed by atoms with E-state index in [0.717, 1.165) is 0 Å². The highest BCUT2D eigenvalue weighted by molar-refractivity contribution is 6.31. The van der Waals surface area contributed by atoms with Crippen LogP contribution < -0.4 is 0 Å². The van der Waals surface area contributed by atoms with Crippen LogP contribution in [0.1, 0.15) is 15.9 Å². The Bertz CT molecular complexity index is 1330. The molecule has 0 spiro atoms. The molecule has 0 N–H and O–H groups in total. The summed E-state index contributed by atoms with van der Waals surface area (Å²) < 4.78 is 0. The summed E-state index contributed by atoms with van der Waals surface area (Å²) in [6, 6.07) is 20.9. The molecule has 34 heavy (non-hydrogen) atoms. The molecule has 0 heterocycles. The molecule has 0 bridgehead atoms. The van der Waals surface area contributed by atoms with Crippen molar-refractivity contribution < 1.29 is 14.6 Å². The van der Waals surface area contributed by atoms with Gasteiger partial charge < -0.3 is 0 Å². The average molecular weight is 493 g/mol. The summed E-state index contributed by atoms with van der Waals surface area (Å²) in [4.78, 5) is 36.3. The fourth-order valence-corrected chi connectivity index (χ4v) is 4.00. The van der Waals surface area contributed by atoms with E-state index in [9.17, 15) is 25.0 Å². The van der Waals surface area contributed by atoms with Crippen molar-refractivity contribution in [2.24, 2.45) is 0 Å². The Morgan fingerprint density at radius 1 is 0.588 bits per heavy atom. The van der Waals surface area contributed by atoms with Crippen LogP contribution in [-0.4, -0.2) is 15.6 Å². The minimum atomic E-state index is -0.595. The summed E-state index contributed by atoms with van der Waals surface area (Å²) in [5.74, 6) is -0.595. The summed E-state index contributed by atoms with van der Waals surface area (Å²) >= 11 is 11.9. The number of nitrogens with zero attached hydrogens (tertiary/aromatic N) is 2. The number of carbonyl (C=O) groups is 1. The molecule has 0 saturated carbocycles. The Morgan fingerprint density at radius 3 is 1.26 bits per heavy atom. The molecule has 4 aromatic rings. The number of halogens is 2. The molecule has 0 aromatic heterocycles. The Kier molecular flexibility index (Phi) is 6.40. The van der Waals surface area contributed by atoms with Gasteiger partial charge in [-0.05, 0) is 47.5 Å². The second-order valence-electron chi connectivity index (χ2n) is 7.26. The van der Waals surface area contributed by atoms with Gasteiger partial charge in [0.15, 0.2) is 5.78 Å². The molecule has 168 valence electrons. The predicted octanol–water partition coefficient (Wildman–Crippen LogP) is 7.37. The zero-order valence-electron chi connectivity index (χ0n) is 17.3. The third kappa shape index (κ3) is 4.39. The molecule has 0 unspecified atom stereocenters. The van der Waals surface area contributed by atoms with E-state index in [1.54, 1.807) is 48.5 Å². The van der Waals surface area contributed by atoms with Crippen molar-refractivity contribution in [2.75, 3.05) is 0 Å². The summed E-state index contributed by atoms with van der Waals surface area (Å²) in [5, 5.41) is 24.5. The molecule has 0 fully saturated rings. The van der Waals surface area contributed by atoms with Crippen LogP contribution in [-0.2, 0) is 0 Å². The first-order valence-electron chi connectivity index (χ1n) is 9.89. The van der Waals surface area contributed by atoms with Gasteiger partial charge in [-0.25, -0.2) is 0 Å². The highest BCUT2D eigenvalue weighted by Gasteiger charge is 2.28. The van der Waals surface area contributed by atoms with Gasteiger partial charge in [-0.3, -0.25) is 25.0 Å². The van der Waals surface area contributed by atoms with Gasteiger partial charge >= 0.3 is 0 Å². The normalized spacial score (nSPS) is 10.6. The van der Waals surface area contributed by atoms with Crippen LogP contribution in [0.2, 0.25) is 10.0 Å². The summed E-state index contributed by atoms with van der Waals surface area (Å²) in [7, 11) is 0. The molecular formula is C25H14Cl2N2O5. The van der Waals surface area contributed by atoms with Gasteiger partial charge in [-0.2, -0.15) is 0 Å². The van der Waals surface area contributed by atoms with Gasteiger partial charge in [-0.1, -0.05) is 59.6 Å². The number of ketones is 1. The van der Waals surface area contributed by atoms with Crippen molar-refractivity contribution in [3.8, 4) is 22.3 Å². The van der Waals surface area contributed by atoms with E-state index in [-0.39, 0.29) is 33.6 Å². The molecule has 0 aliphatic rings. The van der Waals surface area contributed by atoms with Crippen LogP contribution >= 0.6 is 23.2 Å². The molecule has 9 heteroatoms. The Hall–Kier alpha value is -4.07. The number of nitro benzene ring substituents is 2. The lowest BCUT2D eigenvalue weighted by Crippen LogP contribution is -2.08. The molecule has 4 rings (SSSR count). The van der Waals surface area contributed by atoms with Crippen molar-refractivity contribution in [3.05, 3.63) is 126 Å². The van der Waals surface area contributed by atoms with E-state index >= 15 is 0 Å². The molecule has 7 nitrogen and oxygen atoms in total. The van der Waals surface area contributed by atoms with E-state index in [4.69, 9.17) is 23.2 Å². The second-order valence-corrected chi connectivity index (χ2v) is 8.13. The van der Waals surface area contributed by atoms with Crippen molar-refractivity contribution >= 4 is 40.4 Å². The monoisotopic (exact) mass is 492 g/mol. The van der Waals surface area contributed by atoms with Crippen LogP contribution in [0.5, 0.6) is 0 Å². The maximum Gasteiger partial charge on any atom is 0.277 e. The SMILES string of the molecule is O=C(c1cccc([N+](=O)[O-])c1-c1ccc(Cl)cc1)c1cccc([N+](=O)[O-])c1-c1ccc(Cl)cc1. The van der Waals surface area contributed by atoms with E-state index in [2.05, 4.69) is 0 Å². The molecule has 0 amide bonds. The first-order valence-corrected chi connectivity index (χ1v) is 10.6. The van der Waals surface area contributed by atoms with Gasteiger partial charge in [-0.15, -0.1) is 0 Å². The van der Waals surface area contributed by atoms with Crippen molar-refractivity contribution in [2.45, 2.75) is 0 Å².